The van der Waals surface area contributed by atoms with E-state index in [0.717, 1.165) is 6.42 Å². The Bertz CT molecular complexity index is 2060. The average molecular weight is 790 g/mol. The number of benzene rings is 1. The van der Waals surface area contributed by atoms with Gasteiger partial charge in [0.15, 0.2) is 5.82 Å². The van der Waals surface area contributed by atoms with Crippen LogP contribution in [0.4, 0.5) is 9.18 Å². The Morgan fingerprint density at radius 2 is 1.58 bits per heavy atom. The van der Waals surface area contributed by atoms with Crippen molar-refractivity contribution >= 4 is 23.8 Å². The third kappa shape index (κ3) is 8.87. The van der Waals surface area contributed by atoms with Crippen molar-refractivity contribution in [1.29, 1.82) is 0 Å². The van der Waals surface area contributed by atoms with Crippen molar-refractivity contribution in [1.82, 2.24) is 45.4 Å². The number of nitrogens with zero attached hydrogens (tertiary/aromatic N) is 5. The molecule has 4 aromatic rings. The van der Waals surface area contributed by atoms with E-state index in [1.807, 2.05) is 0 Å². The van der Waals surface area contributed by atoms with Gasteiger partial charge >= 0.3 is 12.1 Å². The Kier molecular flexibility index (Phi) is 13.1. The lowest BCUT2D eigenvalue weighted by Crippen LogP contribution is -2.54. The Balaban J connectivity index is 1.13. The zero-order valence-corrected chi connectivity index (χ0v) is 32.7. The largest absolute Gasteiger partial charge is 0.469 e. The van der Waals surface area contributed by atoms with E-state index in [4.69, 9.17) is 18.9 Å². The normalized spacial score (nSPS) is 20.1. The molecule has 0 spiro atoms. The smallest absolute Gasteiger partial charge is 0.407 e. The number of carbonyl (C=O) groups is 4. The SMILES string of the molecule is COC(=O)C[C@H](C(=O)C1CCN[C@H]1c1ncc(-c2cnc(-c3ccc(-c4cnc([C@@H]5CCCN5C(=O)[C@@H](NC(=O)OC)[C@@H](C)OC)[nH]4)c(F)c3)nc2)[nH]1)[C@@H](C)OC. The summed E-state index contributed by atoms with van der Waals surface area (Å²) < 4.78 is 36.0. The maximum atomic E-state index is 15.7. The fourth-order valence-electron chi connectivity index (χ4n) is 7.47. The van der Waals surface area contributed by atoms with Gasteiger partial charge in [-0.3, -0.25) is 14.4 Å². The number of likely N-dealkylation sites (tertiary alicyclic amines) is 1. The molecule has 2 aliphatic rings. The van der Waals surface area contributed by atoms with Crippen LogP contribution in [0.15, 0.2) is 43.0 Å². The van der Waals surface area contributed by atoms with E-state index in [2.05, 4.69) is 40.5 Å². The number of amides is 2. The summed E-state index contributed by atoms with van der Waals surface area (Å²) in [6, 6.07) is 2.90. The highest BCUT2D eigenvalue weighted by molar-refractivity contribution is 5.89. The minimum atomic E-state index is -0.972. The van der Waals surface area contributed by atoms with Crippen molar-refractivity contribution in [3.8, 4) is 33.9 Å². The number of esters is 1. The van der Waals surface area contributed by atoms with Crippen molar-refractivity contribution in [2.75, 3.05) is 41.5 Å². The quantitative estimate of drug-likeness (QED) is 0.126. The Morgan fingerprint density at radius 1 is 0.877 bits per heavy atom. The number of alkyl carbamates (subject to hydrolysis) is 1. The predicted octanol–water partition coefficient (Wildman–Crippen LogP) is 3.92. The number of halogens is 1. The summed E-state index contributed by atoms with van der Waals surface area (Å²) in [5.41, 5.74) is 2.44. The summed E-state index contributed by atoms with van der Waals surface area (Å²) in [6.07, 6.45) is 6.40. The number of carbonyl (C=O) groups excluding carboxylic acids is 4. The topological polar surface area (TPSA) is 216 Å². The fourth-order valence-corrected chi connectivity index (χ4v) is 7.47. The number of methoxy groups -OCH3 is 4. The fraction of sp³-hybridized carbons (Fsp3) is 0.487. The van der Waals surface area contributed by atoms with Crippen molar-refractivity contribution in [3.63, 3.8) is 0 Å². The highest BCUT2D eigenvalue weighted by atomic mass is 19.1. The van der Waals surface area contributed by atoms with Crippen molar-refractivity contribution in [2.45, 2.75) is 69.9 Å². The second-order valence-corrected chi connectivity index (χ2v) is 14.2. The molecule has 4 N–H and O–H groups in total. The summed E-state index contributed by atoms with van der Waals surface area (Å²) >= 11 is 0. The van der Waals surface area contributed by atoms with E-state index in [1.54, 1.807) is 49.5 Å². The summed E-state index contributed by atoms with van der Waals surface area (Å²) in [4.78, 5) is 77.5. The molecule has 2 aliphatic heterocycles. The number of hydrogen-bond donors (Lipinski definition) is 4. The molecule has 17 nitrogen and oxygen atoms in total. The molecule has 7 atom stereocenters. The summed E-state index contributed by atoms with van der Waals surface area (Å²) in [5, 5.41) is 5.92. The molecule has 304 valence electrons. The first-order chi connectivity index (χ1) is 27.5. The first-order valence-electron chi connectivity index (χ1n) is 18.7. The number of hydrogen-bond acceptors (Lipinski definition) is 13. The van der Waals surface area contributed by atoms with Gasteiger partial charge in [-0.05, 0) is 51.8 Å². The average Bonchev–Trinajstić information content (AvgIpc) is 4.07. The van der Waals surface area contributed by atoms with Crippen LogP contribution in [-0.2, 0) is 33.3 Å². The van der Waals surface area contributed by atoms with Crippen LogP contribution in [0.2, 0.25) is 0 Å². The van der Waals surface area contributed by atoms with Crippen molar-refractivity contribution in [3.05, 3.63) is 60.5 Å². The van der Waals surface area contributed by atoms with Gasteiger partial charge in [0.05, 0.1) is 74.6 Å². The Hall–Kier alpha value is -5.59. The molecule has 1 aromatic carbocycles. The van der Waals surface area contributed by atoms with Gasteiger partial charge in [0, 0.05) is 55.8 Å². The first-order valence-corrected chi connectivity index (χ1v) is 18.7. The van der Waals surface area contributed by atoms with E-state index in [1.165, 1.54) is 40.7 Å². The van der Waals surface area contributed by atoms with Crippen LogP contribution in [0.25, 0.3) is 33.9 Å². The number of ketones is 1. The molecule has 0 radical (unpaired) electrons. The Labute approximate surface area is 328 Å². The van der Waals surface area contributed by atoms with E-state index in [-0.39, 0.29) is 23.7 Å². The van der Waals surface area contributed by atoms with Gasteiger partial charge in [0.1, 0.15) is 29.3 Å². The number of nitrogens with one attached hydrogen (secondary N) is 4. The number of aromatic nitrogens is 6. The van der Waals surface area contributed by atoms with E-state index in [9.17, 15) is 19.2 Å². The molecule has 18 heteroatoms. The molecule has 2 saturated heterocycles. The van der Waals surface area contributed by atoms with E-state index < -0.39 is 60.0 Å². The second kappa shape index (κ2) is 18.1. The van der Waals surface area contributed by atoms with Gasteiger partial charge in [-0.15, -0.1) is 0 Å². The number of rotatable bonds is 15. The van der Waals surface area contributed by atoms with Crippen LogP contribution in [-0.4, -0.2) is 118 Å². The summed E-state index contributed by atoms with van der Waals surface area (Å²) in [6.45, 7) is 4.50. The van der Waals surface area contributed by atoms with E-state index >= 15 is 4.39 Å². The van der Waals surface area contributed by atoms with E-state index in [0.29, 0.717) is 65.9 Å². The highest BCUT2D eigenvalue weighted by Crippen LogP contribution is 2.35. The third-order valence-corrected chi connectivity index (χ3v) is 10.9. The van der Waals surface area contributed by atoms with Gasteiger partial charge in [-0.25, -0.2) is 29.1 Å². The maximum absolute atomic E-state index is 15.7. The Morgan fingerprint density at radius 3 is 2.26 bits per heavy atom. The zero-order valence-electron chi connectivity index (χ0n) is 32.7. The first kappa shape index (κ1) is 41.1. The van der Waals surface area contributed by atoms with Crippen molar-refractivity contribution < 1.29 is 42.5 Å². The minimum absolute atomic E-state index is 0.0736. The molecular weight excluding hydrogens is 741 g/mol. The molecule has 6 rings (SSSR count). The number of H-pyrrole nitrogens is 2. The van der Waals surface area contributed by atoms with Gasteiger partial charge < -0.3 is 44.4 Å². The van der Waals surface area contributed by atoms with Crippen LogP contribution in [0.5, 0.6) is 0 Å². The lowest BCUT2D eigenvalue weighted by molar-refractivity contribution is -0.147. The third-order valence-electron chi connectivity index (χ3n) is 10.9. The lowest BCUT2D eigenvalue weighted by Gasteiger charge is -2.30. The zero-order chi connectivity index (χ0) is 40.8. The second-order valence-electron chi connectivity index (χ2n) is 14.2. The highest BCUT2D eigenvalue weighted by Gasteiger charge is 2.42. The number of aromatic amines is 2. The van der Waals surface area contributed by atoms with Crippen LogP contribution in [0, 0.1) is 17.7 Å². The van der Waals surface area contributed by atoms with Crippen LogP contribution < -0.4 is 10.6 Å². The molecule has 0 aliphatic carbocycles. The molecule has 2 fully saturated rings. The molecule has 57 heavy (non-hydrogen) atoms. The molecule has 2 amide bonds. The van der Waals surface area contributed by atoms with Crippen LogP contribution >= 0.6 is 0 Å². The standard InChI is InChI=1S/C39H48FN9O8/c1-20(54-3)26(15-31(50)56-5)34(51)25-11-12-41-33(25)37-45-18-28(46-37)23-16-42-35(43-17-23)22-9-10-24(27(40)14-22)29-19-44-36(47-29)30-8-7-13-49(30)38(52)32(21(2)55-4)48-39(53)57-6/h9-10,14,16-21,25-26,30,32-33,41H,7-8,11-13,15H2,1-6H3,(H,44,47)(H,45,46)(H,48,53)/t20-,21-,25?,26+,30+,32+,33-/m1/s1. The maximum Gasteiger partial charge on any atom is 0.407 e. The van der Waals surface area contributed by atoms with Gasteiger partial charge in [-0.2, -0.15) is 0 Å². The number of imidazole rings is 2. The van der Waals surface area contributed by atoms with Crippen LogP contribution in [0.1, 0.15) is 63.3 Å². The van der Waals surface area contributed by atoms with Crippen molar-refractivity contribution in [2.24, 2.45) is 11.8 Å². The molecule has 0 bridgehead atoms. The molecule has 5 heterocycles. The minimum Gasteiger partial charge on any atom is -0.469 e. The van der Waals surface area contributed by atoms with Gasteiger partial charge in [0.2, 0.25) is 5.91 Å². The molecule has 1 unspecified atom stereocenters. The van der Waals surface area contributed by atoms with Gasteiger partial charge in [-0.1, -0.05) is 6.07 Å². The monoisotopic (exact) mass is 789 g/mol. The lowest BCUT2D eigenvalue weighted by atomic mass is 9.83. The predicted molar refractivity (Wildman–Crippen MR) is 203 cm³/mol. The van der Waals surface area contributed by atoms with Gasteiger partial charge in [0.25, 0.3) is 0 Å². The molecular formula is C39H48FN9O8. The van der Waals surface area contributed by atoms with Crippen LogP contribution in [0.3, 0.4) is 0 Å². The summed E-state index contributed by atoms with van der Waals surface area (Å²) in [5.74, 6) is -1.14. The molecule has 3 aromatic heterocycles. The number of Topliss-reactive ketones (excluding diaryl/α,β-unsaturated/α-hetero) is 1. The molecule has 0 saturated carbocycles. The summed E-state index contributed by atoms with van der Waals surface area (Å²) in [7, 11) is 5.48. The number of ether oxygens (including phenoxy) is 4.